The highest BCUT2D eigenvalue weighted by atomic mass is 79.9. The van der Waals surface area contributed by atoms with Crippen LogP contribution in [0.15, 0.2) is 46.9 Å². The highest BCUT2D eigenvalue weighted by Gasteiger charge is 2.14. The maximum atomic E-state index is 12.7. The number of benzene rings is 2. The van der Waals surface area contributed by atoms with Gasteiger partial charge >= 0.3 is 0 Å². The lowest BCUT2D eigenvalue weighted by atomic mass is 10.1. The molecule has 0 unspecified atom stereocenters. The van der Waals surface area contributed by atoms with Crippen molar-refractivity contribution in [3.8, 4) is 11.5 Å². The van der Waals surface area contributed by atoms with Crippen LogP contribution in [0.5, 0.6) is 11.5 Å². The molecule has 0 aliphatic rings. The fourth-order valence-electron chi connectivity index (χ4n) is 2.30. The van der Waals surface area contributed by atoms with E-state index in [0.29, 0.717) is 29.5 Å². The number of anilines is 1. The molecular weight excluding hydrogens is 394 g/mol. The number of ether oxygens (including phenoxy) is 2. The molecule has 140 valence electrons. The summed E-state index contributed by atoms with van der Waals surface area (Å²) in [4.78, 5) is 12.7. The van der Waals surface area contributed by atoms with Gasteiger partial charge in [0.1, 0.15) is 11.5 Å². The fraction of sp³-hybridized carbons (Fsp3) is 0.381. The Bertz CT molecular complexity index is 727. The second-order valence-corrected chi connectivity index (χ2v) is 7.73. The van der Waals surface area contributed by atoms with Crippen molar-refractivity contribution in [3.63, 3.8) is 0 Å². The van der Waals surface area contributed by atoms with Gasteiger partial charge in [-0.1, -0.05) is 29.8 Å². The van der Waals surface area contributed by atoms with Gasteiger partial charge in [0.15, 0.2) is 0 Å². The molecule has 0 fully saturated rings. The number of hydrogen-bond acceptors (Lipinski definition) is 3. The van der Waals surface area contributed by atoms with E-state index in [4.69, 9.17) is 9.47 Å². The zero-order valence-corrected chi connectivity index (χ0v) is 17.3. The first-order valence-electron chi connectivity index (χ1n) is 8.85. The maximum absolute atomic E-state index is 12.7. The average molecular weight is 420 g/mol. The van der Waals surface area contributed by atoms with Crippen LogP contribution in [0.3, 0.4) is 0 Å². The van der Waals surface area contributed by atoms with Gasteiger partial charge in [-0.05, 0) is 68.7 Å². The number of halogens is 1. The molecular formula is C21H26BrNO3. The van der Waals surface area contributed by atoms with Gasteiger partial charge in [-0.25, -0.2) is 0 Å². The molecule has 0 saturated carbocycles. The van der Waals surface area contributed by atoms with Crippen LogP contribution in [0.2, 0.25) is 0 Å². The number of carbonyl (C=O) groups is 1. The maximum Gasteiger partial charge on any atom is 0.259 e. The molecule has 2 aromatic rings. The second-order valence-electron chi connectivity index (χ2n) is 6.82. The topological polar surface area (TPSA) is 47.6 Å². The average Bonchev–Trinajstić information content (AvgIpc) is 2.57. The van der Waals surface area contributed by atoms with E-state index in [-0.39, 0.29) is 12.0 Å². The summed E-state index contributed by atoms with van der Waals surface area (Å²) in [6, 6.07) is 12.8. The molecule has 26 heavy (non-hydrogen) atoms. The summed E-state index contributed by atoms with van der Waals surface area (Å²) in [7, 11) is 0. The molecule has 0 aromatic heterocycles. The first-order chi connectivity index (χ1) is 12.3. The van der Waals surface area contributed by atoms with Crippen LogP contribution in [-0.4, -0.2) is 18.6 Å². The minimum absolute atomic E-state index is 0.114. The highest BCUT2D eigenvalue weighted by molar-refractivity contribution is 9.10. The Morgan fingerprint density at radius 2 is 1.77 bits per heavy atom. The van der Waals surface area contributed by atoms with Gasteiger partial charge in [0, 0.05) is 10.2 Å². The van der Waals surface area contributed by atoms with E-state index in [1.807, 2.05) is 50.2 Å². The Hall–Kier alpha value is -2.01. The zero-order chi connectivity index (χ0) is 19.1. The SMILES string of the molecule is CC(C)CCOc1ccc(Br)cc1C(=O)Nc1ccc(OC(C)C)cc1. The van der Waals surface area contributed by atoms with Crippen molar-refractivity contribution in [1.29, 1.82) is 0 Å². The van der Waals surface area contributed by atoms with Crippen molar-refractivity contribution in [2.45, 2.75) is 40.2 Å². The Kier molecular flexibility index (Phi) is 7.51. The number of rotatable bonds is 8. The lowest BCUT2D eigenvalue weighted by molar-refractivity contribution is 0.102. The van der Waals surface area contributed by atoms with Gasteiger partial charge in [0.25, 0.3) is 5.91 Å². The van der Waals surface area contributed by atoms with Crippen molar-refractivity contribution in [3.05, 3.63) is 52.5 Å². The normalized spacial score (nSPS) is 10.9. The van der Waals surface area contributed by atoms with Gasteiger partial charge in [0.2, 0.25) is 0 Å². The molecule has 0 heterocycles. The molecule has 4 nitrogen and oxygen atoms in total. The summed E-state index contributed by atoms with van der Waals surface area (Å²) < 4.78 is 12.3. The summed E-state index contributed by atoms with van der Waals surface area (Å²) in [6.45, 7) is 8.82. The van der Waals surface area contributed by atoms with Crippen LogP contribution in [0.4, 0.5) is 5.69 Å². The fourth-order valence-corrected chi connectivity index (χ4v) is 2.66. The number of amides is 1. The largest absolute Gasteiger partial charge is 0.493 e. The van der Waals surface area contributed by atoms with Crippen molar-refractivity contribution in [2.75, 3.05) is 11.9 Å². The van der Waals surface area contributed by atoms with Gasteiger partial charge in [-0.2, -0.15) is 0 Å². The van der Waals surface area contributed by atoms with Crippen LogP contribution in [0.1, 0.15) is 44.5 Å². The van der Waals surface area contributed by atoms with Crippen LogP contribution >= 0.6 is 15.9 Å². The smallest absolute Gasteiger partial charge is 0.259 e. The minimum Gasteiger partial charge on any atom is -0.493 e. The molecule has 2 aromatic carbocycles. The molecule has 0 aliphatic carbocycles. The highest BCUT2D eigenvalue weighted by Crippen LogP contribution is 2.25. The van der Waals surface area contributed by atoms with Crippen molar-refractivity contribution >= 4 is 27.5 Å². The van der Waals surface area contributed by atoms with Gasteiger partial charge in [0.05, 0.1) is 18.3 Å². The zero-order valence-electron chi connectivity index (χ0n) is 15.7. The number of carbonyl (C=O) groups excluding carboxylic acids is 1. The van der Waals surface area contributed by atoms with Crippen molar-refractivity contribution in [2.24, 2.45) is 5.92 Å². The third-order valence-corrected chi connectivity index (χ3v) is 4.12. The second kappa shape index (κ2) is 9.62. The van der Waals surface area contributed by atoms with E-state index < -0.39 is 0 Å². The van der Waals surface area contributed by atoms with Gasteiger partial charge in [-0.15, -0.1) is 0 Å². The quantitative estimate of drug-likeness (QED) is 0.577. The predicted molar refractivity (Wildman–Crippen MR) is 109 cm³/mol. The standard InChI is InChI=1S/C21H26BrNO3/c1-14(2)11-12-25-20-10-5-16(22)13-19(20)21(24)23-17-6-8-18(9-7-17)26-15(3)4/h5-10,13-15H,11-12H2,1-4H3,(H,23,24). The molecule has 0 atom stereocenters. The monoisotopic (exact) mass is 419 g/mol. The molecule has 2 rings (SSSR count). The van der Waals surface area contributed by atoms with E-state index in [1.54, 1.807) is 6.07 Å². The molecule has 0 bridgehead atoms. The Balaban J connectivity index is 2.09. The molecule has 0 aliphatic heterocycles. The molecule has 0 saturated heterocycles. The first-order valence-corrected chi connectivity index (χ1v) is 9.65. The van der Waals surface area contributed by atoms with E-state index in [0.717, 1.165) is 16.6 Å². The van der Waals surface area contributed by atoms with Crippen molar-refractivity contribution in [1.82, 2.24) is 0 Å². The lowest BCUT2D eigenvalue weighted by Crippen LogP contribution is -2.14. The molecule has 5 heteroatoms. The third-order valence-electron chi connectivity index (χ3n) is 3.62. The Morgan fingerprint density at radius 1 is 1.08 bits per heavy atom. The summed E-state index contributed by atoms with van der Waals surface area (Å²) >= 11 is 3.42. The van der Waals surface area contributed by atoms with Crippen molar-refractivity contribution < 1.29 is 14.3 Å². The summed E-state index contributed by atoms with van der Waals surface area (Å²) in [5, 5.41) is 2.91. The van der Waals surface area contributed by atoms with Crippen LogP contribution in [-0.2, 0) is 0 Å². The Morgan fingerprint density at radius 3 is 2.38 bits per heavy atom. The molecule has 1 N–H and O–H groups in total. The minimum atomic E-state index is -0.205. The van der Waals surface area contributed by atoms with E-state index in [2.05, 4.69) is 35.1 Å². The molecule has 0 radical (unpaired) electrons. The Labute approximate surface area is 164 Å². The van der Waals surface area contributed by atoms with E-state index >= 15 is 0 Å². The van der Waals surface area contributed by atoms with Crippen LogP contribution in [0.25, 0.3) is 0 Å². The summed E-state index contributed by atoms with van der Waals surface area (Å²) in [5.74, 6) is 1.71. The van der Waals surface area contributed by atoms with Crippen LogP contribution in [0, 0.1) is 5.92 Å². The van der Waals surface area contributed by atoms with Crippen LogP contribution < -0.4 is 14.8 Å². The summed E-state index contributed by atoms with van der Waals surface area (Å²) in [5.41, 5.74) is 1.21. The lowest BCUT2D eigenvalue weighted by Gasteiger charge is -2.14. The van der Waals surface area contributed by atoms with E-state index in [1.165, 1.54) is 0 Å². The molecule has 0 spiro atoms. The third kappa shape index (κ3) is 6.37. The van der Waals surface area contributed by atoms with Gasteiger partial charge < -0.3 is 14.8 Å². The number of hydrogen-bond donors (Lipinski definition) is 1. The summed E-state index contributed by atoms with van der Waals surface area (Å²) in [6.07, 6.45) is 1.05. The number of nitrogens with one attached hydrogen (secondary N) is 1. The first kappa shape index (κ1) is 20.3. The van der Waals surface area contributed by atoms with E-state index in [9.17, 15) is 4.79 Å². The molecule has 1 amide bonds. The predicted octanol–water partition coefficient (Wildman–Crippen LogP) is 5.91. The van der Waals surface area contributed by atoms with Gasteiger partial charge in [-0.3, -0.25) is 4.79 Å².